The summed E-state index contributed by atoms with van der Waals surface area (Å²) < 4.78 is 1.96. The lowest BCUT2D eigenvalue weighted by molar-refractivity contribution is -0.120. The Kier molecular flexibility index (Phi) is 4.36. The van der Waals surface area contributed by atoms with Gasteiger partial charge in [-0.2, -0.15) is 0 Å². The molecule has 0 aromatic carbocycles. The second-order valence-corrected chi connectivity index (χ2v) is 4.94. The minimum atomic E-state index is -0.421. The second kappa shape index (κ2) is 6.00. The van der Waals surface area contributed by atoms with Gasteiger partial charge in [-0.15, -0.1) is 0 Å². The molecule has 100 valence electrons. The molecule has 0 radical (unpaired) electrons. The van der Waals surface area contributed by atoms with Crippen molar-refractivity contribution in [1.82, 2.24) is 14.9 Å². The quantitative estimate of drug-likeness (QED) is 0.828. The number of aromatic nitrogens is 2. The van der Waals surface area contributed by atoms with Crippen LogP contribution in [0.2, 0.25) is 0 Å². The van der Waals surface area contributed by atoms with Crippen molar-refractivity contribution in [3.05, 3.63) is 18.2 Å². The van der Waals surface area contributed by atoms with E-state index in [1.807, 2.05) is 11.5 Å². The molecule has 1 aliphatic carbocycles. The van der Waals surface area contributed by atoms with Gasteiger partial charge in [0, 0.05) is 12.6 Å². The molecule has 1 heterocycles. The maximum absolute atomic E-state index is 11.7. The summed E-state index contributed by atoms with van der Waals surface area (Å²) in [6, 6.07) is -0.0213. The van der Waals surface area contributed by atoms with E-state index in [2.05, 4.69) is 10.3 Å². The second-order valence-electron chi connectivity index (χ2n) is 4.94. The first kappa shape index (κ1) is 13.1. The molecular weight excluding hydrogens is 228 g/mol. The van der Waals surface area contributed by atoms with Crippen molar-refractivity contribution in [3.8, 4) is 0 Å². The average Bonchev–Trinajstić information content (AvgIpc) is 2.84. The lowest BCUT2D eigenvalue weighted by atomic mass is 9.94. The molecule has 1 fully saturated rings. The highest BCUT2D eigenvalue weighted by Gasteiger charge is 2.25. The maximum atomic E-state index is 11.7. The first-order chi connectivity index (χ1) is 8.72. The largest absolute Gasteiger partial charge is 0.368 e. The number of imidazole rings is 1. The van der Waals surface area contributed by atoms with Crippen molar-refractivity contribution < 1.29 is 4.79 Å². The zero-order valence-electron chi connectivity index (χ0n) is 10.9. The molecule has 0 saturated heterocycles. The Morgan fingerprint density at radius 1 is 1.56 bits per heavy atom. The van der Waals surface area contributed by atoms with E-state index in [0.29, 0.717) is 6.04 Å². The van der Waals surface area contributed by atoms with Gasteiger partial charge in [-0.1, -0.05) is 19.3 Å². The van der Waals surface area contributed by atoms with Crippen LogP contribution in [-0.4, -0.2) is 21.5 Å². The molecule has 5 heteroatoms. The molecule has 1 amide bonds. The Hall–Kier alpha value is -1.36. The minimum Gasteiger partial charge on any atom is -0.368 e. The number of carbonyl (C=O) groups is 1. The number of carbonyl (C=O) groups excluding carboxylic acids is 1. The van der Waals surface area contributed by atoms with Crippen molar-refractivity contribution in [3.63, 3.8) is 0 Å². The van der Waals surface area contributed by atoms with Gasteiger partial charge in [0.1, 0.15) is 6.04 Å². The molecule has 0 aliphatic heterocycles. The zero-order chi connectivity index (χ0) is 13.0. The van der Waals surface area contributed by atoms with E-state index in [9.17, 15) is 4.79 Å². The van der Waals surface area contributed by atoms with Crippen LogP contribution in [0.3, 0.4) is 0 Å². The topological polar surface area (TPSA) is 72.9 Å². The van der Waals surface area contributed by atoms with Gasteiger partial charge < -0.3 is 10.3 Å². The molecule has 0 bridgehead atoms. The molecule has 1 saturated carbocycles. The van der Waals surface area contributed by atoms with Gasteiger partial charge in [0.2, 0.25) is 5.91 Å². The average molecular weight is 250 g/mol. The molecule has 1 atom stereocenters. The standard InChI is InChI=1S/C13H22N4O/c1-2-17-9-15-8-11(17)12(13(14)18)16-10-6-4-3-5-7-10/h8-10,12,16H,2-7H2,1H3,(H2,14,18). The number of rotatable bonds is 5. The van der Waals surface area contributed by atoms with Gasteiger partial charge in [0.15, 0.2) is 0 Å². The van der Waals surface area contributed by atoms with Crippen molar-refractivity contribution in [2.75, 3.05) is 0 Å². The molecule has 1 aromatic rings. The number of hydrogen-bond acceptors (Lipinski definition) is 3. The zero-order valence-corrected chi connectivity index (χ0v) is 10.9. The number of nitrogens with one attached hydrogen (secondary N) is 1. The smallest absolute Gasteiger partial charge is 0.240 e. The van der Waals surface area contributed by atoms with E-state index in [1.165, 1.54) is 19.3 Å². The summed E-state index contributed by atoms with van der Waals surface area (Å²) in [4.78, 5) is 15.8. The van der Waals surface area contributed by atoms with Crippen LogP contribution >= 0.6 is 0 Å². The number of hydrogen-bond donors (Lipinski definition) is 2. The van der Waals surface area contributed by atoms with Gasteiger partial charge in [0.25, 0.3) is 0 Å². The molecular formula is C13H22N4O. The molecule has 5 nitrogen and oxygen atoms in total. The van der Waals surface area contributed by atoms with Crippen molar-refractivity contribution in [2.45, 2.75) is 57.7 Å². The Balaban J connectivity index is 2.10. The first-order valence-electron chi connectivity index (χ1n) is 6.77. The van der Waals surface area contributed by atoms with Crippen LogP contribution < -0.4 is 11.1 Å². The maximum Gasteiger partial charge on any atom is 0.240 e. The Labute approximate surface area is 108 Å². The lowest BCUT2D eigenvalue weighted by Gasteiger charge is -2.27. The number of amides is 1. The highest BCUT2D eigenvalue weighted by Crippen LogP contribution is 2.21. The molecule has 1 unspecified atom stereocenters. The van der Waals surface area contributed by atoms with E-state index in [-0.39, 0.29) is 5.91 Å². The third-order valence-electron chi connectivity index (χ3n) is 3.67. The van der Waals surface area contributed by atoms with Gasteiger partial charge >= 0.3 is 0 Å². The van der Waals surface area contributed by atoms with Crippen molar-refractivity contribution >= 4 is 5.91 Å². The summed E-state index contributed by atoms with van der Waals surface area (Å²) in [5.41, 5.74) is 6.40. The number of aryl methyl sites for hydroxylation is 1. The van der Waals surface area contributed by atoms with E-state index < -0.39 is 6.04 Å². The molecule has 2 rings (SSSR count). The fourth-order valence-electron chi connectivity index (χ4n) is 2.65. The van der Waals surface area contributed by atoms with Gasteiger partial charge in [-0.05, 0) is 19.8 Å². The highest BCUT2D eigenvalue weighted by atomic mass is 16.1. The number of nitrogens with zero attached hydrogens (tertiary/aromatic N) is 2. The summed E-state index contributed by atoms with van der Waals surface area (Å²) in [6.45, 7) is 2.83. The summed E-state index contributed by atoms with van der Waals surface area (Å²) >= 11 is 0. The van der Waals surface area contributed by atoms with Gasteiger partial charge in [0.05, 0.1) is 18.2 Å². The summed E-state index contributed by atoms with van der Waals surface area (Å²) in [5.74, 6) is -0.323. The van der Waals surface area contributed by atoms with Crippen LogP contribution in [0, 0.1) is 0 Å². The predicted octanol–water partition coefficient (Wildman–Crippen LogP) is 1.35. The molecule has 3 N–H and O–H groups in total. The third-order valence-corrected chi connectivity index (χ3v) is 3.67. The SMILES string of the molecule is CCn1cncc1C(NC1CCCCC1)C(N)=O. The predicted molar refractivity (Wildman–Crippen MR) is 69.8 cm³/mol. The molecule has 0 spiro atoms. The van der Waals surface area contributed by atoms with E-state index in [1.54, 1.807) is 12.5 Å². The van der Waals surface area contributed by atoms with E-state index >= 15 is 0 Å². The van der Waals surface area contributed by atoms with E-state index in [0.717, 1.165) is 25.1 Å². The fourth-order valence-corrected chi connectivity index (χ4v) is 2.65. The Bertz CT molecular complexity index is 395. The Morgan fingerprint density at radius 2 is 2.28 bits per heavy atom. The number of primary amides is 1. The summed E-state index contributed by atoms with van der Waals surface area (Å²) in [7, 11) is 0. The van der Waals surface area contributed by atoms with Crippen LogP contribution in [0.15, 0.2) is 12.5 Å². The van der Waals surface area contributed by atoms with Crippen LogP contribution in [0.5, 0.6) is 0 Å². The normalized spacial score (nSPS) is 18.7. The lowest BCUT2D eigenvalue weighted by Crippen LogP contribution is -2.41. The third kappa shape index (κ3) is 2.90. The Morgan fingerprint density at radius 3 is 2.89 bits per heavy atom. The summed E-state index contributed by atoms with van der Waals surface area (Å²) in [6.07, 6.45) is 9.50. The highest BCUT2D eigenvalue weighted by molar-refractivity contribution is 5.81. The van der Waals surface area contributed by atoms with Gasteiger partial charge in [-0.3, -0.25) is 10.1 Å². The van der Waals surface area contributed by atoms with Gasteiger partial charge in [-0.25, -0.2) is 4.98 Å². The van der Waals surface area contributed by atoms with Crippen LogP contribution in [0.4, 0.5) is 0 Å². The fraction of sp³-hybridized carbons (Fsp3) is 0.692. The van der Waals surface area contributed by atoms with Crippen LogP contribution in [0.1, 0.15) is 50.8 Å². The molecule has 18 heavy (non-hydrogen) atoms. The van der Waals surface area contributed by atoms with Crippen molar-refractivity contribution in [2.24, 2.45) is 5.73 Å². The van der Waals surface area contributed by atoms with Crippen molar-refractivity contribution in [1.29, 1.82) is 0 Å². The number of nitrogens with two attached hydrogens (primary N) is 1. The minimum absolute atomic E-state index is 0.323. The van der Waals surface area contributed by atoms with E-state index in [4.69, 9.17) is 5.73 Å². The van der Waals surface area contributed by atoms with Crippen LogP contribution in [-0.2, 0) is 11.3 Å². The first-order valence-corrected chi connectivity index (χ1v) is 6.77. The molecule has 1 aromatic heterocycles. The monoisotopic (exact) mass is 250 g/mol. The summed E-state index contributed by atoms with van der Waals surface area (Å²) in [5, 5.41) is 3.40. The van der Waals surface area contributed by atoms with Crippen LogP contribution in [0.25, 0.3) is 0 Å². The molecule has 1 aliphatic rings.